The second kappa shape index (κ2) is 6.16. The maximum absolute atomic E-state index is 12.0. The molecule has 1 saturated heterocycles. The van der Waals surface area contributed by atoms with Crippen molar-refractivity contribution in [2.45, 2.75) is 63.2 Å². The van der Waals surface area contributed by atoms with Gasteiger partial charge in [-0.15, -0.1) is 0 Å². The van der Waals surface area contributed by atoms with E-state index in [1.54, 1.807) is 0 Å². The van der Waals surface area contributed by atoms with E-state index in [-0.39, 0.29) is 4.75 Å². The number of hydrogen-bond donors (Lipinski definition) is 0. The Morgan fingerprint density at radius 1 is 1.33 bits per heavy atom. The van der Waals surface area contributed by atoms with E-state index in [0.29, 0.717) is 12.5 Å². The Morgan fingerprint density at radius 2 is 2.10 bits per heavy atom. The summed E-state index contributed by atoms with van der Waals surface area (Å²) in [5.74, 6) is 2.80. The fourth-order valence-corrected chi connectivity index (χ4v) is 4.66. The molecule has 21 heavy (non-hydrogen) atoms. The third-order valence-electron chi connectivity index (χ3n) is 4.62. The molecule has 1 aromatic heterocycles. The van der Waals surface area contributed by atoms with Gasteiger partial charge in [-0.05, 0) is 26.7 Å². The van der Waals surface area contributed by atoms with E-state index in [9.17, 15) is 4.21 Å². The van der Waals surface area contributed by atoms with Crippen molar-refractivity contribution in [1.29, 1.82) is 0 Å². The van der Waals surface area contributed by atoms with Gasteiger partial charge in [-0.2, -0.15) is 4.98 Å². The SMILES string of the molecule is CC1(C)CN(Cc2noc(C3CCCCC3)n2)CC[S@]1=O. The van der Waals surface area contributed by atoms with Gasteiger partial charge in [0, 0.05) is 35.6 Å². The van der Waals surface area contributed by atoms with E-state index in [2.05, 4.69) is 28.9 Å². The van der Waals surface area contributed by atoms with Crippen LogP contribution in [0.4, 0.5) is 0 Å². The molecule has 0 bridgehead atoms. The Labute approximate surface area is 128 Å². The molecule has 0 radical (unpaired) electrons. The van der Waals surface area contributed by atoms with Crippen LogP contribution in [0.1, 0.15) is 63.6 Å². The highest BCUT2D eigenvalue weighted by Crippen LogP contribution is 2.31. The lowest BCUT2D eigenvalue weighted by Crippen LogP contribution is -2.49. The van der Waals surface area contributed by atoms with E-state index in [1.807, 2.05) is 0 Å². The molecular formula is C15H25N3O2S. The summed E-state index contributed by atoms with van der Waals surface area (Å²) in [6.45, 7) is 6.52. The van der Waals surface area contributed by atoms with Gasteiger partial charge in [0.1, 0.15) is 0 Å². The zero-order chi connectivity index (χ0) is 14.9. The van der Waals surface area contributed by atoms with Gasteiger partial charge in [0.2, 0.25) is 5.89 Å². The van der Waals surface area contributed by atoms with Gasteiger partial charge in [0.05, 0.1) is 11.3 Å². The first-order chi connectivity index (χ1) is 10.0. The van der Waals surface area contributed by atoms with Crippen molar-refractivity contribution < 1.29 is 8.73 Å². The maximum atomic E-state index is 12.0. The lowest BCUT2D eigenvalue weighted by molar-refractivity contribution is 0.237. The molecule has 1 atom stereocenters. The number of rotatable bonds is 3. The molecule has 0 spiro atoms. The second-order valence-electron chi connectivity index (χ2n) is 6.90. The van der Waals surface area contributed by atoms with Crippen molar-refractivity contribution >= 4 is 10.8 Å². The number of aromatic nitrogens is 2. The van der Waals surface area contributed by atoms with Crippen LogP contribution in [0.2, 0.25) is 0 Å². The van der Waals surface area contributed by atoms with E-state index >= 15 is 0 Å². The molecule has 3 rings (SSSR count). The molecule has 0 N–H and O–H groups in total. The van der Waals surface area contributed by atoms with Crippen molar-refractivity contribution in [2.24, 2.45) is 0 Å². The average Bonchev–Trinajstić information content (AvgIpc) is 2.92. The number of nitrogens with zero attached hydrogens (tertiary/aromatic N) is 3. The van der Waals surface area contributed by atoms with Crippen LogP contribution in [0.25, 0.3) is 0 Å². The quantitative estimate of drug-likeness (QED) is 0.858. The highest BCUT2D eigenvalue weighted by atomic mass is 32.2. The standard InChI is InChI=1S/C15H25N3O2S/c1-15(2)11-18(8-9-21(15)19)10-13-16-14(20-17-13)12-6-4-3-5-7-12/h12H,3-11H2,1-2H3/t21-/m1/s1. The minimum absolute atomic E-state index is 0.145. The summed E-state index contributed by atoms with van der Waals surface area (Å²) < 4.78 is 17.3. The van der Waals surface area contributed by atoms with Gasteiger partial charge >= 0.3 is 0 Å². The minimum atomic E-state index is -0.734. The molecule has 118 valence electrons. The van der Waals surface area contributed by atoms with Crippen molar-refractivity contribution in [3.63, 3.8) is 0 Å². The first-order valence-corrected chi connectivity index (χ1v) is 9.30. The van der Waals surface area contributed by atoms with Crippen molar-refractivity contribution in [2.75, 3.05) is 18.8 Å². The van der Waals surface area contributed by atoms with Gasteiger partial charge < -0.3 is 4.52 Å². The zero-order valence-corrected chi connectivity index (χ0v) is 13.8. The zero-order valence-electron chi connectivity index (χ0n) is 13.0. The van der Waals surface area contributed by atoms with Crippen molar-refractivity contribution in [3.8, 4) is 0 Å². The van der Waals surface area contributed by atoms with Crippen molar-refractivity contribution in [3.05, 3.63) is 11.7 Å². The molecule has 2 fully saturated rings. The topological polar surface area (TPSA) is 59.2 Å². The molecule has 5 nitrogen and oxygen atoms in total. The average molecular weight is 311 g/mol. The monoisotopic (exact) mass is 311 g/mol. The molecule has 0 aromatic carbocycles. The fraction of sp³-hybridized carbons (Fsp3) is 0.867. The van der Waals surface area contributed by atoms with Crippen LogP contribution < -0.4 is 0 Å². The van der Waals surface area contributed by atoms with Crippen LogP contribution in [0.15, 0.2) is 4.52 Å². The van der Waals surface area contributed by atoms with Gasteiger partial charge in [-0.1, -0.05) is 24.4 Å². The molecule has 0 amide bonds. The van der Waals surface area contributed by atoms with Gasteiger partial charge in [0.25, 0.3) is 0 Å². The highest BCUT2D eigenvalue weighted by molar-refractivity contribution is 7.86. The van der Waals surface area contributed by atoms with Crippen LogP contribution in [0.5, 0.6) is 0 Å². The van der Waals surface area contributed by atoms with Crippen LogP contribution in [0.3, 0.4) is 0 Å². The summed E-state index contributed by atoms with van der Waals surface area (Å²) in [4.78, 5) is 6.89. The Bertz CT molecular complexity index is 509. The Kier molecular flexibility index (Phi) is 4.45. The largest absolute Gasteiger partial charge is 0.339 e. The molecule has 1 aromatic rings. The fourth-order valence-electron chi connectivity index (χ4n) is 3.36. The first-order valence-electron chi connectivity index (χ1n) is 7.98. The van der Waals surface area contributed by atoms with E-state index in [1.165, 1.54) is 32.1 Å². The van der Waals surface area contributed by atoms with E-state index < -0.39 is 10.8 Å². The van der Waals surface area contributed by atoms with Gasteiger partial charge in [-0.25, -0.2) is 0 Å². The predicted octanol–water partition coefficient (Wildman–Crippen LogP) is 2.46. The highest BCUT2D eigenvalue weighted by Gasteiger charge is 2.33. The van der Waals surface area contributed by atoms with E-state index in [0.717, 1.165) is 30.6 Å². The van der Waals surface area contributed by atoms with Crippen LogP contribution >= 0.6 is 0 Å². The van der Waals surface area contributed by atoms with Crippen LogP contribution in [0, 0.1) is 0 Å². The molecule has 2 heterocycles. The Morgan fingerprint density at radius 3 is 2.81 bits per heavy atom. The molecule has 6 heteroatoms. The summed E-state index contributed by atoms with van der Waals surface area (Å²) >= 11 is 0. The molecular weight excluding hydrogens is 286 g/mol. The van der Waals surface area contributed by atoms with Gasteiger partial charge in [-0.3, -0.25) is 9.11 Å². The lowest BCUT2D eigenvalue weighted by Gasteiger charge is -2.36. The smallest absolute Gasteiger partial charge is 0.229 e. The van der Waals surface area contributed by atoms with Crippen LogP contribution in [-0.2, 0) is 17.3 Å². The normalized spacial score (nSPS) is 27.8. The molecule has 0 unspecified atom stereocenters. The predicted molar refractivity (Wildman–Crippen MR) is 82.5 cm³/mol. The van der Waals surface area contributed by atoms with Crippen molar-refractivity contribution in [1.82, 2.24) is 15.0 Å². The minimum Gasteiger partial charge on any atom is -0.339 e. The summed E-state index contributed by atoms with van der Waals surface area (Å²) in [5.41, 5.74) is 0. The third-order valence-corrected chi connectivity index (χ3v) is 6.53. The van der Waals surface area contributed by atoms with E-state index in [4.69, 9.17) is 4.52 Å². The summed E-state index contributed by atoms with van der Waals surface area (Å²) in [7, 11) is -0.734. The summed E-state index contributed by atoms with van der Waals surface area (Å²) in [6, 6.07) is 0. The first kappa shape index (κ1) is 15.2. The van der Waals surface area contributed by atoms with Gasteiger partial charge in [0.15, 0.2) is 5.82 Å². The summed E-state index contributed by atoms with van der Waals surface area (Å²) in [5, 5.41) is 4.15. The maximum Gasteiger partial charge on any atom is 0.229 e. The van der Waals surface area contributed by atoms with Crippen LogP contribution in [-0.4, -0.2) is 42.8 Å². The molecule has 1 aliphatic heterocycles. The third kappa shape index (κ3) is 3.54. The Balaban J connectivity index is 1.61. The second-order valence-corrected chi connectivity index (χ2v) is 9.11. The molecule has 1 aliphatic carbocycles. The summed E-state index contributed by atoms with van der Waals surface area (Å²) in [6.07, 6.45) is 6.23. The molecule has 2 aliphatic rings. The number of hydrogen-bond acceptors (Lipinski definition) is 5. The molecule has 1 saturated carbocycles. The Hall–Kier alpha value is -0.750. The lowest BCUT2D eigenvalue weighted by atomic mass is 9.89.